The Balaban J connectivity index is 2.87. The second-order valence-corrected chi connectivity index (χ2v) is 4.28. The van der Waals surface area contributed by atoms with Crippen LogP contribution in [0.15, 0.2) is 34.3 Å². The first-order chi connectivity index (χ1) is 8.17. The topological polar surface area (TPSA) is 50.1 Å². The molecule has 0 bridgehead atoms. The lowest BCUT2D eigenvalue weighted by molar-refractivity contribution is -0.138. The number of carbonyl (C=O) groups excluding carboxylic acids is 1. The van der Waals surface area contributed by atoms with Crippen molar-refractivity contribution in [3.8, 4) is 6.07 Å². The highest BCUT2D eigenvalue weighted by molar-refractivity contribution is 9.10. The molecule has 0 unspecified atom stereocenters. The Morgan fingerprint density at radius 2 is 2.35 bits per heavy atom. The van der Waals surface area contributed by atoms with Crippen LogP contribution in [0.5, 0.6) is 0 Å². The Hall–Kier alpha value is -1.60. The molecule has 17 heavy (non-hydrogen) atoms. The maximum Gasteiger partial charge on any atom is 0.348 e. The highest BCUT2D eigenvalue weighted by Crippen LogP contribution is 2.14. The molecule has 0 fully saturated rings. The number of rotatable bonds is 4. The van der Waals surface area contributed by atoms with Crippen LogP contribution >= 0.6 is 15.9 Å². The molecule has 0 atom stereocenters. The molecule has 1 aromatic carbocycles. The number of nitriles is 1. The molecule has 0 aliphatic heterocycles. The molecule has 0 saturated heterocycles. The minimum absolute atomic E-state index is 0.0107. The van der Waals surface area contributed by atoms with Crippen LogP contribution < -0.4 is 0 Å². The van der Waals surface area contributed by atoms with Crippen molar-refractivity contribution in [3.63, 3.8) is 0 Å². The first kappa shape index (κ1) is 13.5. The molecule has 0 aromatic heterocycles. The maximum absolute atomic E-state index is 11.5. The molecule has 0 spiro atoms. The molecule has 4 heteroatoms. The molecule has 1 aromatic rings. The van der Waals surface area contributed by atoms with Crippen LogP contribution in [0.2, 0.25) is 0 Å². The average Bonchev–Trinajstić information content (AvgIpc) is 2.33. The molecule has 0 aliphatic rings. The second-order valence-electron chi connectivity index (χ2n) is 3.36. The molecule has 0 heterocycles. The Morgan fingerprint density at radius 1 is 1.59 bits per heavy atom. The van der Waals surface area contributed by atoms with Crippen molar-refractivity contribution < 1.29 is 9.53 Å². The van der Waals surface area contributed by atoms with E-state index >= 15 is 0 Å². The molecule has 88 valence electrons. The van der Waals surface area contributed by atoms with E-state index in [-0.39, 0.29) is 5.57 Å². The summed E-state index contributed by atoms with van der Waals surface area (Å²) in [7, 11) is 0. The standard InChI is InChI=1S/C13H12BrNO2/c1-2-6-17-13(16)11(9-15)7-10-4-3-5-12(14)8-10/h3-5,7-8H,2,6H2,1H3. The molecule has 0 radical (unpaired) electrons. The van der Waals surface area contributed by atoms with E-state index in [2.05, 4.69) is 15.9 Å². The number of esters is 1. The quantitative estimate of drug-likeness (QED) is 0.486. The van der Waals surface area contributed by atoms with Crippen LogP contribution in [0.4, 0.5) is 0 Å². The van der Waals surface area contributed by atoms with Crippen molar-refractivity contribution in [2.75, 3.05) is 6.61 Å². The molecular formula is C13H12BrNO2. The predicted molar refractivity (Wildman–Crippen MR) is 69.0 cm³/mol. The van der Waals surface area contributed by atoms with Gasteiger partial charge in [-0.05, 0) is 30.2 Å². The molecular weight excluding hydrogens is 282 g/mol. The predicted octanol–water partition coefficient (Wildman–Crippen LogP) is 3.31. The normalized spacial score (nSPS) is 10.8. The van der Waals surface area contributed by atoms with Gasteiger partial charge in [0.1, 0.15) is 11.6 Å². The number of halogens is 1. The first-order valence-corrected chi connectivity index (χ1v) is 6.01. The Bertz CT molecular complexity index is 475. The fourth-order valence-electron chi connectivity index (χ4n) is 1.17. The third kappa shape index (κ3) is 4.41. The van der Waals surface area contributed by atoms with Gasteiger partial charge in [0.15, 0.2) is 0 Å². The van der Waals surface area contributed by atoms with Gasteiger partial charge < -0.3 is 4.74 Å². The van der Waals surface area contributed by atoms with Crippen LogP contribution in [0, 0.1) is 11.3 Å². The van der Waals surface area contributed by atoms with Crippen molar-refractivity contribution in [2.45, 2.75) is 13.3 Å². The molecule has 3 nitrogen and oxygen atoms in total. The molecule has 0 amide bonds. The summed E-state index contributed by atoms with van der Waals surface area (Å²) >= 11 is 3.32. The fraction of sp³-hybridized carbons (Fsp3) is 0.231. The zero-order chi connectivity index (χ0) is 12.7. The third-order valence-corrected chi connectivity index (χ3v) is 2.43. The number of nitrogens with zero attached hydrogens (tertiary/aromatic N) is 1. The van der Waals surface area contributed by atoms with Crippen molar-refractivity contribution >= 4 is 28.0 Å². The van der Waals surface area contributed by atoms with E-state index in [1.807, 2.05) is 37.3 Å². The summed E-state index contributed by atoms with van der Waals surface area (Å²) in [6, 6.07) is 9.20. The highest BCUT2D eigenvalue weighted by Gasteiger charge is 2.09. The third-order valence-electron chi connectivity index (χ3n) is 1.94. The van der Waals surface area contributed by atoms with Gasteiger partial charge in [0, 0.05) is 4.47 Å². The number of benzene rings is 1. The molecule has 0 aliphatic carbocycles. The monoisotopic (exact) mass is 293 g/mol. The van der Waals surface area contributed by atoms with E-state index in [1.165, 1.54) is 6.08 Å². The van der Waals surface area contributed by atoms with Crippen molar-refractivity contribution in [1.82, 2.24) is 0 Å². The van der Waals surface area contributed by atoms with E-state index in [1.54, 1.807) is 0 Å². The highest BCUT2D eigenvalue weighted by atomic mass is 79.9. The van der Waals surface area contributed by atoms with Crippen LogP contribution in [0.25, 0.3) is 6.08 Å². The van der Waals surface area contributed by atoms with Gasteiger partial charge in [-0.25, -0.2) is 4.79 Å². The minimum Gasteiger partial charge on any atom is -0.462 e. The maximum atomic E-state index is 11.5. The van der Waals surface area contributed by atoms with E-state index < -0.39 is 5.97 Å². The van der Waals surface area contributed by atoms with Gasteiger partial charge in [-0.15, -0.1) is 0 Å². The molecule has 1 rings (SSSR count). The smallest absolute Gasteiger partial charge is 0.348 e. The van der Waals surface area contributed by atoms with Crippen LogP contribution in [0.3, 0.4) is 0 Å². The van der Waals surface area contributed by atoms with Gasteiger partial charge in [0.2, 0.25) is 0 Å². The SMILES string of the molecule is CCCOC(=O)C(C#N)=Cc1cccc(Br)c1. The lowest BCUT2D eigenvalue weighted by Crippen LogP contribution is -2.07. The Kier molecular flexibility index (Phi) is 5.44. The molecule has 0 N–H and O–H groups in total. The summed E-state index contributed by atoms with van der Waals surface area (Å²) in [6.45, 7) is 2.23. The van der Waals surface area contributed by atoms with Crippen LogP contribution in [-0.2, 0) is 9.53 Å². The number of hydrogen-bond acceptors (Lipinski definition) is 3. The summed E-state index contributed by atoms with van der Waals surface area (Å²) < 4.78 is 5.80. The van der Waals surface area contributed by atoms with Gasteiger partial charge in [-0.1, -0.05) is 35.0 Å². The van der Waals surface area contributed by atoms with Gasteiger partial charge in [0.25, 0.3) is 0 Å². The van der Waals surface area contributed by atoms with E-state index in [4.69, 9.17) is 10.00 Å². The second kappa shape index (κ2) is 6.87. The zero-order valence-electron chi connectivity index (χ0n) is 9.44. The lowest BCUT2D eigenvalue weighted by Gasteiger charge is -2.01. The Labute approximate surface area is 109 Å². The largest absolute Gasteiger partial charge is 0.462 e. The van der Waals surface area contributed by atoms with E-state index in [0.29, 0.717) is 6.61 Å². The summed E-state index contributed by atoms with van der Waals surface area (Å²) in [6.07, 6.45) is 2.25. The molecule has 0 saturated carbocycles. The van der Waals surface area contributed by atoms with Gasteiger partial charge >= 0.3 is 5.97 Å². The van der Waals surface area contributed by atoms with Gasteiger partial charge in [0.05, 0.1) is 6.61 Å². The number of carbonyl (C=O) groups is 1. The van der Waals surface area contributed by atoms with Crippen molar-refractivity contribution in [1.29, 1.82) is 5.26 Å². The van der Waals surface area contributed by atoms with Crippen molar-refractivity contribution in [2.24, 2.45) is 0 Å². The average molecular weight is 294 g/mol. The number of ether oxygens (including phenoxy) is 1. The summed E-state index contributed by atoms with van der Waals surface area (Å²) in [4.78, 5) is 11.5. The van der Waals surface area contributed by atoms with Crippen molar-refractivity contribution in [3.05, 3.63) is 39.9 Å². The minimum atomic E-state index is -0.575. The van der Waals surface area contributed by atoms with E-state index in [9.17, 15) is 4.79 Å². The van der Waals surface area contributed by atoms with Crippen LogP contribution in [0.1, 0.15) is 18.9 Å². The van der Waals surface area contributed by atoms with Gasteiger partial charge in [-0.2, -0.15) is 5.26 Å². The summed E-state index contributed by atoms with van der Waals surface area (Å²) in [5.74, 6) is -0.575. The Morgan fingerprint density at radius 3 is 2.94 bits per heavy atom. The number of hydrogen-bond donors (Lipinski definition) is 0. The zero-order valence-corrected chi connectivity index (χ0v) is 11.0. The van der Waals surface area contributed by atoms with E-state index in [0.717, 1.165) is 16.5 Å². The van der Waals surface area contributed by atoms with Crippen LogP contribution in [-0.4, -0.2) is 12.6 Å². The summed E-state index contributed by atoms with van der Waals surface area (Å²) in [5, 5.41) is 8.90. The summed E-state index contributed by atoms with van der Waals surface area (Å²) in [5.41, 5.74) is 0.793. The lowest BCUT2D eigenvalue weighted by atomic mass is 10.1. The van der Waals surface area contributed by atoms with Gasteiger partial charge in [-0.3, -0.25) is 0 Å². The fourth-order valence-corrected chi connectivity index (χ4v) is 1.59. The first-order valence-electron chi connectivity index (χ1n) is 5.22.